The Morgan fingerprint density at radius 3 is 2.24 bits per heavy atom. The van der Waals surface area contributed by atoms with E-state index in [9.17, 15) is 19.7 Å². The van der Waals surface area contributed by atoms with Crippen LogP contribution in [0.1, 0.15) is 11.1 Å². The SMILES string of the molecule is Cc1ccccc1N1C(=O)C(c2ccc([N+](=O)[O-])cc2)=C(N2CCOCC2)C1=O. The minimum Gasteiger partial charge on any atom is -0.378 e. The highest BCUT2D eigenvalue weighted by Crippen LogP contribution is 2.36. The van der Waals surface area contributed by atoms with Gasteiger partial charge in [0.15, 0.2) is 0 Å². The van der Waals surface area contributed by atoms with Crippen molar-refractivity contribution in [2.24, 2.45) is 0 Å². The number of imide groups is 1. The summed E-state index contributed by atoms with van der Waals surface area (Å²) in [5, 5.41) is 11.0. The second kappa shape index (κ2) is 7.48. The van der Waals surface area contributed by atoms with Gasteiger partial charge in [-0.1, -0.05) is 18.2 Å². The van der Waals surface area contributed by atoms with Crippen LogP contribution in [0.4, 0.5) is 11.4 Å². The molecule has 0 radical (unpaired) electrons. The van der Waals surface area contributed by atoms with Crippen LogP contribution in [0.25, 0.3) is 5.57 Å². The second-order valence-corrected chi connectivity index (χ2v) is 6.86. The molecule has 2 aromatic carbocycles. The number of ether oxygens (including phenoxy) is 1. The molecule has 2 amide bonds. The van der Waals surface area contributed by atoms with E-state index in [2.05, 4.69) is 0 Å². The molecule has 0 unspecified atom stereocenters. The van der Waals surface area contributed by atoms with E-state index in [0.29, 0.717) is 43.3 Å². The van der Waals surface area contributed by atoms with E-state index in [-0.39, 0.29) is 17.2 Å². The van der Waals surface area contributed by atoms with Crippen LogP contribution >= 0.6 is 0 Å². The number of nitro groups is 1. The minimum atomic E-state index is -0.498. The Balaban J connectivity index is 1.83. The highest BCUT2D eigenvalue weighted by atomic mass is 16.6. The molecule has 2 aliphatic heterocycles. The predicted octanol–water partition coefficient (Wildman–Crippen LogP) is 2.52. The van der Waals surface area contributed by atoms with Crippen LogP contribution in [0.2, 0.25) is 0 Å². The number of para-hydroxylation sites is 1. The quantitative estimate of drug-likeness (QED) is 0.450. The van der Waals surface area contributed by atoms with Crippen molar-refractivity contribution in [3.05, 3.63) is 75.5 Å². The van der Waals surface area contributed by atoms with Crippen LogP contribution in [-0.2, 0) is 14.3 Å². The summed E-state index contributed by atoms with van der Waals surface area (Å²) >= 11 is 0. The maximum Gasteiger partial charge on any atom is 0.282 e. The highest BCUT2D eigenvalue weighted by molar-refractivity contribution is 6.45. The van der Waals surface area contributed by atoms with Gasteiger partial charge in [-0.25, -0.2) is 4.90 Å². The first-order chi connectivity index (χ1) is 14.0. The summed E-state index contributed by atoms with van der Waals surface area (Å²) in [5.74, 6) is -0.820. The molecule has 1 saturated heterocycles. The van der Waals surface area contributed by atoms with Crippen LogP contribution in [-0.4, -0.2) is 47.9 Å². The molecule has 8 heteroatoms. The largest absolute Gasteiger partial charge is 0.378 e. The lowest BCUT2D eigenvalue weighted by Crippen LogP contribution is -2.40. The van der Waals surface area contributed by atoms with Crippen molar-refractivity contribution in [2.45, 2.75) is 6.92 Å². The van der Waals surface area contributed by atoms with Gasteiger partial charge in [0.25, 0.3) is 17.5 Å². The van der Waals surface area contributed by atoms with Crippen molar-refractivity contribution in [3.63, 3.8) is 0 Å². The number of hydrogen-bond acceptors (Lipinski definition) is 6. The fourth-order valence-electron chi connectivity index (χ4n) is 3.64. The fourth-order valence-corrected chi connectivity index (χ4v) is 3.64. The molecule has 2 heterocycles. The molecule has 0 N–H and O–H groups in total. The van der Waals surface area contributed by atoms with Crippen LogP contribution in [0.15, 0.2) is 54.2 Å². The van der Waals surface area contributed by atoms with Gasteiger partial charge in [0.1, 0.15) is 5.70 Å². The molecule has 0 aliphatic carbocycles. The summed E-state index contributed by atoms with van der Waals surface area (Å²) < 4.78 is 5.39. The lowest BCUT2D eigenvalue weighted by atomic mass is 10.0. The van der Waals surface area contributed by atoms with Gasteiger partial charge in [-0.05, 0) is 36.2 Å². The van der Waals surface area contributed by atoms with Gasteiger partial charge in [-0.15, -0.1) is 0 Å². The second-order valence-electron chi connectivity index (χ2n) is 6.86. The minimum absolute atomic E-state index is 0.0743. The zero-order valence-electron chi connectivity index (χ0n) is 15.8. The summed E-state index contributed by atoms with van der Waals surface area (Å²) in [5.41, 5.74) is 2.32. The molecule has 148 valence electrons. The molecule has 1 fully saturated rings. The molecule has 29 heavy (non-hydrogen) atoms. The van der Waals surface area contributed by atoms with Crippen molar-refractivity contribution >= 4 is 28.8 Å². The van der Waals surface area contributed by atoms with Gasteiger partial charge < -0.3 is 9.64 Å². The number of benzene rings is 2. The van der Waals surface area contributed by atoms with E-state index in [4.69, 9.17) is 4.74 Å². The van der Waals surface area contributed by atoms with Gasteiger partial charge in [0, 0.05) is 25.2 Å². The van der Waals surface area contributed by atoms with Gasteiger partial charge in [-0.2, -0.15) is 0 Å². The van der Waals surface area contributed by atoms with Gasteiger partial charge in [0.05, 0.1) is 29.4 Å². The Morgan fingerprint density at radius 2 is 1.62 bits per heavy atom. The number of hydrogen-bond donors (Lipinski definition) is 0. The third-order valence-electron chi connectivity index (χ3n) is 5.11. The number of carbonyl (C=O) groups excluding carboxylic acids is 2. The first-order valence-electron chi connectivity index (χ1n) is 9.25. The van der Waals surface area contributed by atoms with Gasteiger partial charge in [-0.3, -0.25) is 19.7 Å². The Labute approximate surface area is 167 Å². The molecule has 0 saturated carbocycles. The monoisotopic (exact) mass is 393 g/mol. The molecule has 2 aromatic rings. The lowest BCUT2D eigenvalue weighted by Gasteiger charge is -2.29. The number of aryl methyl sites for hydroxylation is 1. The average Bonchev–Trinajstić information content (AvgIpc) is 2.99. The molecular weight excluding hydrogens is 374 g/mol. The molecule has 8 nitrogen and oxygen atoms in total. The molecular formula is C21H19N3O5. The molecule has 0 bridgehead atoms. The van der Waals surface area contributed by atoms with Gasteiger partial charge >= 0.3 is 0 Å². The molecule has 4 rings (SSSR count). The third-order valence-corrected chi connectivity index (χ3v) is 5.11. The summed E-state index contributed by atoms with van der Waals surface area (Å²) in [7, 11) is 0. The number of non-ortho nitro benzene ring substituents is 1. The molecule has 2 aliphatic rings. The Morgan fingerprint density at radius 1 is 0.966 bits per heavy atom. The predicted molar refractivity (Wildman–Crippen MR) is 106 cm³/mol. The maximum absolute atomic E-state index is 13.4. The average molecular weight is 393 g/mol. The van der Waals surface area contributed by atoms with Crippen molar-refractivity contribution in [1.29, 1.82) is 0 Å². The van der Waals surface area contributed by atoms with E-state index in [0.717, 1.165) is 5.56 Å². The zero-order valence-corrected chi connectivity index (χ0v) is 15.8. The van der Waals surface area contributed by atoms with E-state index in [1.54, 1.807) is 12.1 Å². The number of morpholine rings is 1. The maximum atomic E-state index is 13.4. The first kappa shape index (κ1) is 18.8. The molecule has 0 aromatic heterocycles. The van der Waals surface area contributed by atoms with Crippen molar-refractivity contribution in [1.82, 2.24) is 4.90 Å². The topological polar surface area (TPSA) is 93.0 Å². The van der Waals surface area contributed by atoms with Crippen LogP contribution < -0.4 is 4.90 Å². The number of nitro benzene ring substituents is 1. The van der Waals surface area contributed by atoms with Crippen LogP contribution in [0.3, 0.4) is 0 Å². The number of anilines is 1. The summed E-state index contributed by atoms with van der Waals surface area (Å²) in [6.45, 7) is 3.75. The normalized spacial score (nSPS) is 17.3. The number of nitrogens with zero attached hydrogens (tertiary/aromatic N) is 3. The fraction of sp³-hybridized carbons (Fsp3) is 0.238. The van der Waals surface area contributed by atoms with Crippen molar-refractivity contribution in [3.8, 4) is 0 Å². The van der Waals surface area contributed by atoms with E-state index in [1.165, 1.54) is 29.2 Å². The van der Waals surface area contributed by atoms with Crippen molar-refractivity contribution < 1.29 is 19.2 Å². The van der Waals surface area contributed by atoms with Crippen LogP contribution in [0, 0.1) is 17.0 Å². The number of amides is 2. The van der Waals surface area contributed by atoms with E-state index >= 15 is 0 Å². The highest BCUT2D eigenvalue weighted by Gasteiger charge is 2.43. The number of rotatable bonds is 4. The first-order valence-corrected chi connectivity index (χ1v) is 9.25. The molecule has 0 atom stereocenters. The third kappa shape index (κ3) is 3.27. The zero-order chi connectivity index (χ0) is 20.5. The van der Waals surface area contributed by atoms with E-state index in [1.807, 2.05) is 24.0 Å². The van der Waals surface area contributed by atoms with E-state index < -0.39 is 10.8 Å². The van der Waals surface area contributed by atoms with Crippen molar-refractivity contribution in [2.75, 3.05) is 31.2 Å². The Bertz CT molecular complexity index is 1020. The Hall–Kier alpha value is -3.52. The Kier molecular flexibility index (Phi) is 4.85. The lowest BCUT2D eigenvalue weighted by molar-refractivity contribution is -0.384. The van der Waals surface area contributed by atoms with Crippen LogP contribution in [0.5, 0.6) is 0 Å². The summed E-state index contributed by atoms with van der Waals surface area (Å²) in [6, 6.07) is 12.9. The smallest absolute Gasteiger partial charge is 0.282 e. The summed E-state index contributed by atoms with van der Waals surface area (Å²) in [6.07, 6.45) is 0. The standard InChI is InChI=1S/C21H19N3O5/c1-14-4-2-3-5-17(14)23-20(25)18(15-6-8-16(9-7-15)24(27)28)19(21(23)26)22-10-12-29-13-11-22/h2-9H,10-13H2,1H3. The summed E-state index contributed by atoms with van der Waals surface area (Å²) in [4.78, 5) is 40.3. The van der Waals surface area contributed by atoms with Gasteiger partial charge in [0.2, 0.25) is 0 Å². The number of carbonyl (C=O) groups is 2. The molecule has 0 spiro atoms.